The van der Waals surface area contributed by atoms with Gasteiger partial charge in [0.05, 0.1) is 23.9 Å². The highest BCUT2D eigenvalue weighted by molar-refractivity contribution is 5.97. The number of halogens is 4. The molecule has 3 rings (SSSR count). The number of carbonyl (C=O) groups excluding carboxylic acids is 2. The summed E-state index contributed by atoms with van der Waals surface area (Å²) >= 11 is 0. The number of hydrogen-bond donors (Lipinski definition) is 1. The van der Waals surface area contributed by atoms with E-state index in [1.165, 1.54) is 31.4 Å². The molecular weight excluding hydrogens is 366 g/mol. The first-order chi connectivity index (χ1) is 12.7. The van der Waals surface area contributed by atoms with Gasteiger partial charge in [-0.2, -0.15) is 13.2 Å². The fourth-order valence-electron chi connectivity index (χ4n) is 2.86. The Bertz CT molecular complexity index is 878. The molecule has 0 aromatic heterocycles. The van der Waals surface area contributed by atoms with Crippen molar-refractivity contribution in [3.63, 3.8) is 0 Å². The van der Waals surface area contributed by atoms with Gasteiger partial charge in [-0.25, -0.2) is 9.18 Å². The SMILES string of the molecule is COC(=O)c1ccc(F)c(NC(=O)C2CC2c2ccc(C(F)(F)F)cc2)c1. The molecule has 0 bridgehead atoms. The average molecular weight is 381 g/mol. The molecule has 2 atom stereocenters. The summed E-state index contributed by atoms with van der Waals surface area (Å²) in [4.78, 5) is 23.8. The number of methoxy groups -OCH3 is 1. The molecule has 0 heterocycles. The third kappa shape index (κ3) is 4.10. The van der Waals surface area contributed by atoms with Gasteiger partial charge in [0, 0.05) is 5.92 Å². The maximum absolute atomic E-state index is 13.9. The Hall–Kier alpha value is -2.90. The third-order valence-electron chi connectivity index (χ3n) is 4.44. The van der Waals surface area contributed by atoms with Gasteiger partial charge < -0.3 is 10.1 Å². The number of anilines is 1. The lowest BCUT2D eigenvalue weighted by Gasteiger charge is -2.09. The summed E-state index contributed by atoms with van der Waals surface area (Å²) in [6, 6.07) is 8.10. The first-order valence-corrected chi connectivity index (χ1v) is 8.06. The van der Waals surface area contributed by atoms with E-state index in [1.807, 2.05) is 0 Å². The van der Waals surface area contributed by atoms with Crippen molar-refractivity contribution >= 4 is 17.6 Å². The van der Waals surface area contributed by atoms with Crippen LogP contribution in [0.25, 0.3) is 0 Å². The van der Waals surface area contributed by atoms with Crippen LogP contribution < -0.4 is 5.32 Å². The van der Waals surface area contributed by atoms with E-state index in [-0.39, 0.29) is 17.2 Å². The number of carbonyl (C=O) groups is 2. The van der Waals surface area contributed by atoms with Crippen molar-refractivity contribution in [1.29, 1.82) is 0 Å². The number of nitrogens with one attached hydrogen (secondary N) is 1. The zero-order valence-electron chi connectivity index (χ0n) is 14.1. The van der Waals surface area contributed by atoms with Crippen LogP contribution in [0, 0.1) is 11.7 Å². The second-order valence-electron chi connectivity index (χ2n) is 6.24. The summed E-state index contributed by atoms with van der Waals surface area (Å²) in [5.74, 6) is -2.52. The van der Waals surface area contributed by atoms with E-state index in [1.54, 1.807) is 0 Å². The first kappa shape index (κ1) is 18.9. The number of alkyl halides is 3. The normalized spacial score (nSPS) is 18.7. The predicted octanol–water partition coefficient (Wildman–Crippen LogP) is 4.37. The Balaban J connectivity index is 1.68. The molecule has 142 valence electrons. The van der Waals surface area contributed by atoms with Crippen molar-refractivity contribution in [3.8, 4) is 0 Å². The Morgan fingerprint density at radius 2 is 1.78 bits per heavy atom. The van der Waals surface area contributed by atoms with Gasteiger partial charge >= 0.3 is 12.1 Å². The second kappa shape index (κ2) is 7.02. The van der Waals surface area contributed by atoms with Gasteiger partial charge in [0.1, 0.15) is 5.82 Å². The summed E-state index contributed by atoms with van der Waals surface area (Å²) in [6.45, 7) is 0. The molecule has 1 amide bonds. The van der Waals surface area contributed by atoms with Gasteiger partial charge in [-0.3, -0.25) is 4.79 Å². The molecule has 27 heavy (non-hydrogen) atoms. The van der Waals surface area contributed by atoms with Crippen LogP contribution >= 0.6 is 0 Å². The van der Waals surface area contributed by atoms with Crippen molar-refractivity contribution in [2.75, 3.05) is 12.4 Å². The molecular formula is C19H15F4NO3. The Morgan fingerprint density at radius 1 is 1.11 bits per heavy atom. The fraction of sp³-hybridized carbons (Fsp3) is 0.263. The molecule has 1 saturated carbocycles. The third-order valence-corrected chi connectivity index (χ3v) is 4.44. The van der Waals surface area contributed by atoms with E-state index in [0.717, 1.165) is 18.2 Å². The monoisotopic (exact) mass is 381 g/mol. The van der Waals surface area contributed by atoms with Gasteiger partial charge in [-0.15, -0.1) is 0 Å². The van der Waals surface area contributed by atoms with Gasteiger partial charge in [0.25, 0.3) is 0 Å². The lowest BCUT2D eigenvalue weighted by molar-refractivity contribution is -0.137. The number of rotatable bonds is 4. The molecule has 1 N–H and O–H groups in total. The van der Waals surface area contributed by atoms with Gasteiger partial charge in [0.15, 0.2) is 0 Å². The van der Waals surface area contributed by atoms with Crippen molar-refractivity contribution < 1.29 is 31.9 Å². The number of ether oxygens (including phenoxy) is 1. The van der Waals surface area contributed by atoms with Crippen molar-refractivity contribution in [2.24, 2.45) is 5.92 Å². The van der Waals surface area contributed by atoms with Crippen LogP contribution in [-0.4, -0.2) is 19.0 Å². The van der Waals surface area contributed by atoms with Gasteiger partial charge in [-0.05, 0) is 48.2 Å². The van der Waals surface area contributed by atoms with E-state index in [4.69, 9.17) is 0 Å². The van der Waals surface area contributed by atoms with Crippen LogP contribution in [0.3, 0.4) is 0 Å². The standard InChI is InChI=1S/C19H15F4NO3/c1-27-18(26)11-4-7-15(20)16(8-11)24-17(25)14-9-13(14)10-2-5-12(6-3-10)19(21,22)23/h2-8,13-14H,9H2,1H3,(H,24,25). The lowest BCUT2D eigenvalue weighted by Crippen LogP contribution is -2.16. The zero-order valence-corrected chi connectivity index (χ0v) is 14.1. The molecule has 4 nitrogen and oxygen atoms in total. The summed E-state index contributed by atoms with van der Waals surface area (Å²) < 4.78 is 56.2. The molecule has 1 aliphatic rings. The fourth-order valence-corrected chi connectivity index (χ4v) is 2.86. The Kier molecular flexibility index (Phi) is 4.91. The highest BCUT2D eigenvalue weighted by Crippen LogP contribution is 2.48. The Labute approximate surface area is 152 Å². The number of hydrogen-bond acceptors (Lipinski definition) is 3. The second-order valence-corrected chi connectivity index (χ2v) is 6.24. The summed E-state index contributed by atoms with van der Waals surface area (Å²) in [6.07, 6.45) is -3.96. The quantitative estimate of drug-likeness (QED) is 0.632. The Morgan fingerprint density at radius 3 is 2.37 bits per heavy atom. The van der Waals surface area contributed by atoms with Crippen molar-refractivity contribution in [3.05, 3.63) is 65.0 Å². The van der Waals surface area contributed by atoms with Crippen LogP contribution in [0.15, 0.2) is 42.5 Å². The molecule has 0 saturated heterocycles. The number of esters is 1. The number of amides is 1. The largest absolute Gasteiger partial charge is 0.465 e. The van der Waals surface area contributed by atoms with Crippen LogP contribution in [0.5, 0.6) is 0 Å². The summed E-state index contributed by atoms with van der Waals surface area (Å²) in [5.41, 5.74) is -0.202. The topological polar surface area (TPSA) is 55.4 Å². The smallest absolute Gasteiger partial charge is 0.416 e. The van der Waals surface area contributed by atoms with Crippen molar-refractivity contribution in [1.82, 2.24) is 0 Å². The minimum Gasteiger partial charge on any atom is -0.465 e. The van der Waals surface area contributed by atoms with E-state index in [2.05, 4.69) is 10.1 Å². The highest BCUT2D eigenvalue weighted by atomic mass is 19.4. The maximum atomic E-state index is 13.9. The van der Waals surface area contributed by atoms with Crippen molar-refractivity contribution in [2.45, 2.75) is 18.5 Å². The van der Waals surface area contributed by atoms with Crippen LogP contribution in [0.4, 0.5) is 23.2 Å². The predicted molar refractivity (Wildman–Crippen MR) is 88.7 cm³/mol. The summed E-state index contributed by atoms with van der Waals surface area (Å²) in [5, 5.41) is 2.43. The van der Waals surface area contributed by atoms with E-state index < -0.39 is 35.4 Å². The maximum Gasteiger partial charge on any atom is 0.416 e. The molecule has 0 aliphatic heterocycles. The molecule has 2 aromatic carbocycles. The highest BCUT2D eigenvalue weighted by Gasteiger charge is 2.44. The minimum atomic E-state index is -4.42. The zero-order chi connectivity index (χ0) is 19.8. The lowest BCUT2D eigenvalue weighted by atomic mass is 10.1. The van der Waals surface area contributed by atoms with Crippen LogP contribution in [0.1, 0.15) is 33.8 Å². The first-order valence-electron chi connectivity index (χ1n) is 8.06. The number of benzene rings is 2. The molecule has 2 aromatic rings. The molecule has 1 fully saturated rings. The molecule has 2 unspecified atom stereocenters. The van der Waals surface area contributed by atoms with E-state index in [9.17, 15) is 27.2 Å². The van der Waals surface area contributed by atoms with Gasteiger partial charge in [-0.1, -0.05) is 12.1 Å². The van der Waals surface area contributed by atoms with E-state index >= 15 is 0 Å². The molecule has 0 spiro atoms. The van der Waals surface area contributed by atoms with E-state index in [0.29, 0.717) is 12.0 Å². The summed E-state index contributed by atoms with van der Waals surface area (Å²) in [7, 11) is 1.18. The molecule has 1 aliphatic carbocycles. The molecule has 0 radical (unpaired) electrons. The van der Waals surface area contributed by atoms with Crippen LogP contribution in [-0.2, 0) is 15.7 Å². The average Bonchev–Trinajstić information content (AvgIpc) is 3.43. The van der Waals surface area contributed by atoms with Gasteiger partial charge in [0.2, 0.25) is 5.91 Å². The minimum absolute atomic E-state index is 0.0873. The van der Waals surface area contributed by atoms with Crippen LogP contribution in [0.2, 0.25) is 0 Å². The molecule has 8 heteroatoms.